The quantitative estimate of drug-likeness (QED) is 0.713. The SMILES string of the molecule is O=C1C(Cc2ccc(F)cc2)CCN1c1cnn(-c2ccncc2)c(=O)c1. The fraction of sp³-hybridized carbons (Fsp3) is 0.200. The lowest BCUT2D eigenvalue weighted by Crippen LogP contribution is -2.30. The van der Waals surface area contributed by atoms with Crippen molar-refractivity contribution in [1.29, 1.82) is 0 Å². The second-order valence-electron chi connectivity index (χ2n) is 6.48. The lowest BCUT2D eigenvalue weighted by atomic mass is 9.98. The fourth-order valence-electron chi connectivity index (χ4n) is 3.32. The molecule has 6 nitrogen and oxygen atoms in total. The molecule has 1 unspecified atom stereocenters. The normalized spacial score (nSPS) is 16.7. The predicted octanol–water partition coefficient (Wildman–Crippen LogP) is 2.36. The molecule has 136 valence electrons. The van der Waals surface area contributed by atoms with E-state index in [1.54, 1.807) is 41.6 Å². The molecule has 1 aliphatic rings. The maximum atomic E-state index is 13.0. The zero-order valence-corrected chi connectivity index (χ0v) is 14.5. The summed E-state index contributed by atoms with van der Waals surface area (Å²) in [5, 5.41) is 4.19. The van der Waals surface area contributed by atoms with Crippen molar-refractivity contribution in [3.05, 3.63) is 82.8 Å². The number of halogens is 1. The Labute approximate surface area is 154 Å². The second-order valence-corrected chi connectivity index (χ2v) is 6.48. The van der Waals surface area contributed by atoms with Crippen LogP contribution in [0.1, 0.15) is 12.0 Å². The molecule has 7 heteroatoms. The summed E-state index contributed by atoms with van der Waals surface area (Å²) in [6.45, 7) is 0.533. The van der Waals surface area contributed by atoms with Gasteiger partial charge in [0.25, 0.3) is 5.56 Å². The summed E-state index contributed by atoms with van der Waals surface area (Å²) in [5.74, 6) is -0.515. The molecule has 0 N–H and O–H groups in total. The Morgan fingerprint density at radius 3 is 2.48 bits per heavy atom. The summed E-state index contributed by atoms with van der Waals surface area (Å²) in [5.41, 5.74) is 1.72. The third kappa shape index (κ3) is 3.48. The highest BCUT2D eigenvalue weighted by Crippen LogP contribution is 2.26. The third-order valence-corrected chi connectivity index (χ3v) is 4.72. The van der Waals surface area contributed by atoms with Crippen molar-refractivity contribution < 1.29 is 9.18 Å². The lowest BCUT2D eigenvalue weighted by Gasteiger charge is -2.17. The molecule has 1 atom stereocenters. The molecule has 1 aromatic carbocycles. The number of nitrogens with zero attached hydrogens (tertiary/aromatic N) is 4. The van der Waals surface area contributed by atoms with Crippen molar-refractivity contribution in [2.45, 2.75) is 12.8 Å². The zero-order valence-electron chi connectivity index (χ0n) is 14.5. The van der Waals surface area contributed by atoms with Crippen molar-refractivity contribution in [2.75, 3.05) is 11.4 Å². The van der Waals surface area contributed by atoms with Gasteiger partial charge >= 0.3 is 0 Å². The number of rotatable bonds is 4. The highest BCUT2D eigenvalue weighted by molar-refractivity contribution is 5.97. The maximum Gasteiger partial charge on any atom is 0.273 e. The van der Waals surface area contributed by atoms with Gasteiger partial charge in [0.05, 0.1) is 17.6 Å². The summed E-state index contributed by atoms with van der Waals surface area (Å²) in [6, 6.07) is 11.0. The van der Waals surface area contributed by atoms with E-state index in [1.807, 2.05) is 0 Å². The van der Waals surface area contributed by atoms with Gasteiger partial charge in [-0.2, -0.15) is 9.78 Å². The minimum atomic E-state index is -0.312. The molecule has 1 fully saturated rings. The number of hydrogen-bond donors (Lipinski definition) is 0. The van der Waals surface area contributed by atoms with Crippen LogP contribution in [0, 0.1) is 11.7 Å². The number of amides is 1. The first-order valence-electron chi connectivity index (χ1n) is 8.67. The monoisotopic (exact) mass is 364 g/mol. The topological polar surface area (TPSA) is 68.1 Å². The molecule has 27 heavy (non-hydrogen) atoms. The van der Waals surface area contributed by atoms with Crippen LogP contribution in [-0.2, 0) is 11.2 Å². The molecule has 0 radical (unpaired) electrons. The van der Waals surface area contributed by atoms with E-state index in [0.29, 0.717) is 30.8 Å². The first-order chi connectivity index (χ1) is 13.1. The van der Waals surface area contributed by atoms with E-state index >= 15 is 0 Å². The second kappa shape index (κ2) is 7.11. The summed E-state index contributed by atoms with van der Waals surface area (Å²) < 4.78 is 14.3. The van der Waals surface area contributed by atoms with Gasteiger partial charge in [0.15, 0.2) is 0 Å². The van der Waals surface area contributed by atoms with Crippen LogP contribution in [-0.4, -0.2) is 27.2 Å². The first-order valence-corrected chi connectivity index (χ1v) is 8.67. The largest absolute Gasteiger partial charge is 0.310 e. The molecule has 0 bridgehead atoms. The number of carbonyl (C=O) groups excluding carboxylic acids is 1. The maximum absolute atomic E-state index is 13.0. The van der Waals surface area contributed by atoms with Crippen molar-refractivity contribution in [1.82, 2.24) is 14.8 Å². The van der Waals surface area contributed by atoms with E-state index in [2.05, 4.69) is 10.1 Å². The molecule has 0 aliphatic carbocycles. The molecular weight excluding hydrogens is 347 g/mol. The molecule has 1 amide bonds. The fourth-order valence-corrected chi connectivity index (χ4v) is 3.32. The molecule has 1 aliphatic heterocycles. The first kappa shape index (κ1) is 17.1. The summed E-state index contributed by atoms with van der Waals surface area (Å²) >= 11 is 0. The van der Waals surface area contributed by atoms with E-state index in [9.17, 15) is 14.0 Å². The molecule has 4 rings (SSSR count). The van der Waals surface area contributed by atoms with Gasteiger partial charge in [-0.3, -0.25) is 14.6 Å². The molecule has 1 saturated heterocycles. The Balaban J connectivity index is 1.52. The average molecular weight is 364 g/mol. The number of benzene rings is 1. The minimum absolute atomic E-state index is 0.0396. The smallest absolute Gasteiger partial charge is 0.273 e. The predicted molar refractivity (Wildman–Crippen MR) is 98.2 cm³/mol. The highest BCUT2D eigenvalue weighted by atomic mass is 19.1. The summed E-state index contributed by atoms with van der Waals surface area (Å²) in [6.07, 6.45) is 5.93. The van der Waals surface area contributed by atoms with Crippen LogP contribution < -0.4 is 10.5 Å². The van der Waals surface area contributed by atoms with Crippen LogP contribution in [0.25, 0.3) is 5.69 Å². The Morgan fingerprint density at radius 1 is 1.04 bits per heavy atom. The van der Waals surface area contributed by atoms with Crippen LogP contribution in [0.3, 0.4) is 0 Å². The van der Waals surface area contributed by atoms with Crippen molar-refractivity contribution in [3.63, 3.8) is 0 Å². The van der Waals surface area contributed by atoms with E-state index < -0.39 is 0 Å². The van der Waals surface area contributed by atoms with Gasteiger partial charge in [-0.1, -0.05) is 12.1 Å². The molecule has 2 aromatic heterocycles. The standard InChI is InChI=1S/C20H17FN4O2/c21-16-3-1-14(2-4-16)11-15-7-10-24(20(15)27)18-12-19(26)25(23-13-18)17-5-8-22-9-6-17/h1-6,8-9,12-13,15H,7,10-11H2. The molecule has 3 heterocycles. The van der Waals surface area contributed by atoms with Gasteiger partial charge in [0.2, 0.25) is 5.91 Å². The molecular formula is C20H17FN4O2. The van der Waals surface area contributed by atoms with Crippen molar-refractivity contribution in [3.8, 4) is 5.69 Å². The van der Waals surface area contributed by atoms with Crippen LogP contribution in [0.15, 0.2) is 65.8 Å². The Kier molecular flexibility index (Phi) is 4.50. The number of pyridine rings is 1. The van der Waals surface area contributed by atoms with Crippen molar-refractivity contribution in [2.24, 2.45) is 5.92 Å². The molecule has 0 saturated carbocycles. The average Bonchev–Trinajstić information content (AvgIpc) is 3.04. The van der Waals surface area contributed by atoms with Gasteiger partial charge in [0.1, 0.15) is 5.82 Å². The summed E-state index contributed by atoms with van der Waals surface area (Å²) in [7, 11) is 0. The van der Waals surface area contributed by atoms with E-state index in [0.717, 1.165) is 5.56 Å². The number of hydrogen-bond acceptors (Lipinski definition) is 4. The number of aromatic nitrogens is 3. The molecule has 3 aromatic rings. The van der Waals surface area contributed by atoms with Gasteiger partial charge in [0, 0.05) is 30.9 Å². The van der Waals surface area contributed by atoms with Gasteiger partial charge in [-0.15, -0.1) is 0 Å². The van der Waals surface area contributed by atoms with Crippen LogP contribution >= 0.6 is 0 Å². The van der Waals surface area contributed by atoms with Crippen LogP contribution in [0.2, 0.25) is 0 Å². The van der Waals surface area contributed by atoms with Gasteiger partial charge in [-0.25, -0.2) is 4.39 Å². The van der Waals surface area contributed by atoms with Crippen LogP contribution in [0.4, 0.5) is 10.1 Å². The number of anilines is 1. The van der Waals surface area contributed by atoms with E-state index in [4.69, 9.17) is 0 Å². The van der Waals surface area contributed by atoms with Crippen molar-refractivity contribution >= 4 is 11.6 Å². The van der Waals surface area contributed by atoms with Gasteiger partial charge in [-0.05, 0) is 42.7 Å². The van der Waals surface area contributed by atoms with E-state index in [1.165, 1.54) is 29.1 Å². The Morgan fingerprint density at radius 2 is 1.78 bits per heavy atom. The Bertz CT molecular complexity index is 1020. The van der Waals surface area contributed by atoms with E-state index in [-0.39, 0.29) is 23.2 Å². The number of carbonyl (C=O) groups is 1. The van der Waals surface area contributed by atoms with Gasteiger partial charge < -0.3 is 4.90 Å². The third-order valence-electron chi connectivity index (χ3n) is 4.72. The highest BCUT2D eigenvalue weighted by Gasteiger charge is 2.33. The van der Waals surface area contributed by atoms with Crippen LogP contribution in [0.5, 0.6) is 0 Å². The zero-order chi connectivity index (χ0) is 18.8. The lowest BCUT2D eigenvalue weighted by molar-refractivity contribution is -0.120. The summed E-state index contributed by atoms with van der Waals surface area (Å²) in [4.78, 5) is 30.7. The molecule has 0 spiro atoms. The Hall–Kier alpha value is -3.35. The minimum Gasteiger partial charge on any atom is -0.310 e.